The minimum Gasteiger partial charge on any atom is -0.476 e. The van der Waals surface area contributed by atoms with Crippen molar-refractivity contribution in [3.63, 3.8) is 0 Å². The van der Waals surface area contributed by atoms with Crippen molar-refractivity contribution >= 4 is 39.8 Å². The van der Waals surface area contributed by atoms with Crippen LogP contribution in [-0.4, -0.2) is 21.8 Å². The zero-order valence-corrected chi connectivity index (χ0v) is 7.24. The number of anilines is 1. The Kier molecular flexibility index (Phi) is 2.30. The van der Waals surface area contributed by atoms with E-state index in [1.54, 1.807) is 0 Å². The van der Waals surface area contributed by atoms with Gasteiger partial charge in [0, 0.05) is 0 Å². The lowest BCUT2D eigenvalue weighted by Crippen LogP contribution is -2.13. The van der Waals surface area contributed by atoms with Crippen molar-refractivity contribution in [3.8, 4) is 0 Å². The van der Waals surface area contributed by atoms with Gasteiger partial charge in [0.05, 0.1) is 0 Å². The molecule has 1 heterocycles. The fourth-order valence-electron chi connectivity index (χ4n) is 0.573. The SMILES string of the molecule is N=C(C(=O)O)c1nc(N)sc1Cl. The molecule has 0 aromatic carbocycles. The Morgan fingerprint density at radius 1 is 1.75 bits per heavy atom. The summed E-state index contributed by atoms with van der Waals surface area (Å²) in [6.45, 7) is 0. The molecule has 0 saturated heterocycles. The number of carboxylic acids is 1. The number of thiazole rings is 1. The molecule has 0 amide bonds. The highest BCUT2D eigenvalue weighted by atomic mass is 35.5. The summed E-state index contributed by atoms with van der Waals surface area (Å²) in [6.07, 6.45) is 0. The van der Waals surface area contributed by atoms with Gasteiger partial charge in [-0.3, -0.25) is 5.41 Å². The number of hydrogen-bond acceptors (Lipinski definition) is 5. The van der Waals surface area contributed by atoms with Crippen molar-refractivity contribution in [3.05, 3.63) is 10.0 Å². The van der Waals surface area contributed by atoms with Gasteiger partial charge in [0.15, 0.2) is 10.8 Å². The molecule has 4 N–H and O–H groups in total. The van der Waals surface area contributed by atoms with E-state index in [-0.39, 0.29) is 15.2 Å². The second-order valence-corrected chi connectivity index (χ2v) is 3.49. The van der Waals surface area contributed by atoms with E-state index in [1.807, 2.05) is 0 Å². The van der Waals surface area contributed by atoms with Crippen LogP contribution in [0.4, 0.5) is 5.13 Å². The number of rotatable bonds is 2. The van der Waals surface area contributed by atoms with Gasteiger partial charge in [0.25, 0.3) is 0 Å². The van der Waals surface area contributed by atoms with Crippen LogP contribution in [0.2, 0.25) is 4.34 Å². The van der Waals surface area contributed by atoms with Crippen molar-refractivity contribution < 1.29 is 9.90 Å². The van der Waals surface area contributed by atoms with E-state index < -0.39 is 11.7 Å². The number of hydrogen-bond donors (Lipinski definition) is 3. The molecule has 0 aliphatic carbocycles. The average molecular weight is 206 g/mol. The number of nitrogens with zero attached hydrogens (tertiary/aromatic N) is 1. The number of nitrogens with two attached hydrogens (primary N) is 1. The lowest BCUT2D eigenvalue weighted by molar-refractivity contribution is -0.129. The summed E-state index contributed by atoms with van der Waals surface area (Å²) in [7, 11) is 0. The van der Waals surface area contributed by atoms with E-state index in [9.17, 15) is 4.79 Å². The summed E-state index contributed by atoms with van der Waals surface area (Å²) < 4.78 is 0.125. The molecule has 12 heavy (non-hydrogen) atoms. The first-order valence-corrected chi connectivity index (χ1v) is 3.96. The number of carboxylic acid groups (broad SMARTS) is 1. The molecule has 0 bridgehead atoms. The molecule has 5 nitrogen and oxygen atoms in total. The topological polar surface area (TPSA) is 100 Å². The van der Waals surface area contributed by atoms with E-state index in [4.69, 9.17) is 27.9 Å². The summed E-state index contributed by atoms with van der Waals surface area (Å²) in [5.74, 6) is -1.37. The molecule has 0 radical (unpaired) electrons. The Balaban J connectivity index is 3.11. The normalized spacial score (nSPS) is 9.75. The predicted octanol–water partition coefficient (Wildman–Crippen LogP) is 0.831. The molecular weight excluding hydrogens is 202 g/mol. The highest BCUT2D eigenvalue weighted by Gasteiger charge is 2.17. The van der Waals surface area contributed by atoms with Crippen LogP contribution in [0.1, 0.15) is 5.69 Å². The Hall–Kier alpha value is -1.14. The van der Waals surface area contributed by atoms with Gasteiger partial charge in [-0.15, -0.1) is 0 Å². The number of carbonyl (C=O) groups is 1. The fraction of sp³-hybridized carbons (Fsp3) is 0. The summed E-state index contributed by atoms with van der Waals surface area (Å²) in [4.78, 5) is 13.9. The zero-order valence-electron chi connectivity index (χ0n) is 5.67. The average Bonchev–Trinajstić information content (AvgIpc) is 2.28. The van der Waals surface area contributed by atoms with Crippen LogP contribution in [0.15, 0.2) is 0 Å². The molecule has 64 valence electrons. The lowest BCUT2D eigenvalue weighted by Gasteiger charge is -1.91. The van der Waals surface area contributed by atoms with Gasteiger partial charge in [0.2, 0.25) is 0 Å². The van der Waals surface area contributed by atoms with Crippen LogP contribution in [0.5, 0.6) is 0 Å². The molecule has 0 aliphatic heterocycles. The Morgan fingerprint density at radius 2 is 2.33 bits per heavy atom. The number of aliphatic carboxylic acids is 1. The summed E-state index contributed by atoms with van der Waals surface area (Å²) >= 11 is 6.50. The van der Waals surface area contributed by atoms with E-state index in [0.29, 0.717) is 0 Å². The molecule has 7 heteroatoms. The van der Waals surface area contributed by atoms with Gasteiger partial charge in [-0.1, -0.05) is 22.9 Å². The Bertz CT molecular complexity index is 348. The van der Waals surface area contributed by atoms with Crippen LogP contribution in [0.3, 0.4) is 0 Å². The molecular formula is C5H4ClN3O2S. The van der Waals surface area contributed by atoms with E-state index in [1.165, 1.54) is 0 Å². The zero-order chi connectivity index (χ0) is 9.30. The van der Waals surface area contributed by atoms with Gasteiger partial charge in [-0.25, -0.2) is 9.78 Å². The second-order valence-electron chi connectivity index (χ2n) is 1.85. The van der Waals surface area contributed by atoms with Crippen molar-refractivity contribution in [2.75, 3.05) is 5.73 Å². The molecule has 0 spiro atoms. The van der Waals surface area contributed by atoms with Gasteiger partial charge in [-0.05, 0) is 0 Å². The summed E-state index contributed by atoms with van der Waals surface area (Å²) in [5, 5.41) is 15.6. The van der Waals surface area contributed by atoms with Crippen LogP contribution >= 0.6 is 22.9 Å². The highest BCUT2D eigenvalue weighted by Crippen LogP contribution is 2.25. The quantitative estimate of drug-likeness (QED) is 0.623. The predicted molar refractivity (Wildman–Crippen MR) is 46.0 cm³/mol. The molecule has 0 fully saturated rings. The second kappa shape index (κ2) is 3.08. The van der Waals surface area contributed by atoms with Gasteiger partial charge >= 0.3 is 5.97 Å². The first-order chi connectivity index (χ1) is 5.52. The van der Waals surface area contributed by atoms with Crippen molar-refractivity contribution in [1.29, 1.82) is 5.41 Å². The molecule has 0 saturated carbocycles. The number of nitrogens with one attached hydrogen (secondary N) is 1. The van der Waals surface area contributed by atoms with Crippen molar-refractivity contribution in [2.24, 2.45) is 0 Å². The molecule has 1 aromatic rings. The summed E-state index contributed by atoms with van der Waals surface area (Å²) in [5.41, 5.74) is 4.53. The van der Waals surface area contributed by atoms with Gasteiger partial charge in [0.1, 0.15) is 10.0 Å². The smallest absolute Gasteiger partial charge is 0.356 e. The van der Waals surface area contributed by atoms with Crippen molar-refractivity contribution in [1.82, 2.24) is 4.98 Å². The maximum absolute atomic E-state index is 10.3. The third kappa shape index (κ3) is 1.54. The molecule has 1 aromatic heterocycles. The number of aromatic nitrogens is 1. The Labute approximate surface area is 76.3 Å². The first-order valence-electron chi connectivity index (χ1n) is 2.76. The van der Waals surface area contributed by atoms with Crippen LogP contribution < -0.4 is 5.73 Å². The monoisotopic (exact) mass is 205 g/mol. The molecule has 0 atom stereocenters. The lowest BCUT2D eigenvalue weighted by atomic mass is 10.3. The minimum atomic E-state index is -1.37. The Morgan fingerprint density at radius 3 is 2.67 bits per heavy atom. The standard InChI is InChI=1S/C5H4ClN3O2S/c6-3-2(1(7)4(10)11)9-5(8)12-3/h7H,(H2,8,9)(H,10,11). The molecule has 0 unspecified atom stereocenters. The maximum Gasteiger partial charge on any atom is 0.356 e. The molecule has 1 rings (SSSR count). The number of nitrogen functional groups attached to an aromatic ring is 1. The van der Waals surface area contributed by atoms with E-state index in [0.717, 1.165) is 11.3 Å². The first kappa shape index (κ1) is 8.95. The number of halogens is 1. The van der Waals surface area contributed by atoms with E-state index >= 15 is 0 Å². The highest BCUT2D eigenvalue weighted by molar-refractivity contribution is 7.19. The van der Waals surface area contributed by atoms with Gasteiger partial charge < -0.3 is 10.8 Å². The van der Waals surface area contributed by atoms with Crippen molar-refractivity contribution in [2.45, 2.75) is 0 Å². The maximum atomic E-state index is 10.3. The largest absolute Gasteiger partial charge is 0.476 e. The third-order valence-corrected chi connectivity index (χ3v) is 2.14. The summed E-state index contributed by atoms with van der Waals surface area (Å²) in [6, 6.07) is 0. The third-order valence-electron chi connectivity index (χ3n) is 1.05. The van der Waals surface area contributed by atoms with Crippen LogP contribution in [0.25, 0.3) is 0 Å². The van der Waals surface area contributed by atoms with Crippen LogP contribution in [-0.2, 0) is 4.79 Å². The van der Waals surface area contributed by atoms with Crippen LogP contribution in [0, 0.1) is 5.41 Å². The van der Waals surface area contributed by atoms with Gasteiger partial charge in [-0.2, -0.15) is 0 Å². The molecule has 0 aliphatic rings. The fourth-order valence-corrected chi connectivity index (χ4v) is 1.51. The minimum absolute atomic E-state index is 0.0772. The van der Waals surface area contributed by atoms with E-state index in [2.05, 4.69) is 4.98 Å².